The fourth-order valence-electron chi connectivity index (χ4n) is 7.74. The number of rotatable bonds is 13. The Hall–Kier alpha value is -6.14. The lowest BCUT2D eigenvalue weighted by Crippen LogP contribution is -2.25. The average Bonchev–Trinajstić information content (AvgIpc) is 3.74. The summed E-state index contributed by atoms with van der Waals surface area (Å²) < 4.78 is 5.40. The summed E-state index contributed by atoms with van der Waals surface area (Å²) in [6, 6.07) is 32.0. The maximum atomic E-state index is 12.7. The third-order valence-corrected chi connectivity index (χ3v) is 13.0. The van der Waals surface area contributed by atoms with Gasteiger partial charge in [-0.2, -0.15) is 10.5 Å². The molecule has 2 aliphatic rings. The highest BCUT2D eigenvalue weighted by molar-refractivity contribution is 8.00. The van der Waals surface area contributed by atoms with Gasteiger partial charge in [0.25, 0.3) is 0 Å². The van der Waals surface area contributed by atoms with Crippen LogP contribution >= 0.6 is 23.5 Å². The minimum atomic E-state index is -1.04. The molecule has 2 aliphatic carbocycles. The Bertz CT molecular complexity index is 2470. The van der Waals surface area contributed by atoms with E-state index in [0.717, 1.165) is 57.9 Å². The number of nitrogens with zero attached hydrogens (tertiary/aromatic N) is 4. The molecule has 7 rings (SSSR count). The molecule has 4 atom stereocenters. The first-order valence-corrected chi connectivity index (χ1v) is 20.3. The largest absolute Gasteiger partial charge is 0.497 e. The molecule has 3 aromatic carbocycles. The molecular formula is C46H38N4O5S2. The summed E-state index contributed by atoms with van der Waals surface area (Å²) in [5.74, 6) is -1.41. The number of methoxy groups -OCH3 is 1. The fraction of sp³-hybridized carbons (Fsp3) is 0.217. The van der Waals surface area contributed by atoms with E-state index in [1.54, 1.807) is 55.6 Å². The number of nitriles is 2. The molecule has 0 radical (unpaired) electrons. The first kappa shape index (κ1) is 39.1. The van der Waals surface area contributed by atoms with Gasteiger partial charge in [-0.3, -0.25) is 9.59 Å². The predicted octanol–water partition coefficient (Wildman–Crippen LogP) is 9.67. The number of aryl methyl sites for hydroxylation is 1. The molecule has 0 aliphatic heterocycles. The van der Waals surface area contributed by atoms with Crippen LogP contribution in [0.4, 0.5) is 0 Å². The monoisotopic (exact) mass is 790 g/mol. The van der Waals surface area contributed by atoms with E-state index in [0.29, 0.717) is 63.0 Å². The topological polar surface area (TPSA) is 157 Å². The first-order chi connectivity index (χ1) is 27.7. The Morgan fingerprint density at radius 2 is 1.44 bits per heavy atom. The number of benzene rings is 3. The number of aliphatic carboxylic acids is 2. The maximum absolute atomic E-state index is 12.7. The van der Waals surface area contributed by atoms with Crippen molar-refractivity contribution in [2.24, 2.45) is 11.8 Å². The van der Waals surface area contributed by atoms with Crippen LogP contribution in [-0.4, -0.2) is 39.2 Å². The highest BCUT2D eigenvalue weighted by Crippen LogP contribution is 2.47. The summed E-state index contributed by atoms with van der Waals surface area (Å²) in [4.78, 5) is 35.2. The molecule has 0 fully saturated rings. The molecule has 284 valence electrons. The van der Waals surface area contributed by atoms with Gasteiger partial charge in [0.1, 0.15) is 38.4 Å². The Labute approximate surface area is 339 Å². The quantitative estimate of drug-likeness (QED) is 0.109. The summed E-state index contributed by atoms with van der Waals surface area (Å²) in [6.07, 6.45) is 8.95. The summed E-state index contributed by atoms with van der Waals surface area (Å²) in [5.41, 5.74) is 7.72. The van der Waals surface area contributed by atoms with Gasteiger partial charge in [-0.15, -0.1) is 0 Å². The molecule has 9 nitrogen and oxygen atoms in total. The van der Waals surface area contributed by atoms with Gasteiger partial charge < -0.3 is 14.9 Å². The maximum Gasteiger partial charge on any atom is 0.321 e. The minimum absolute atomic E-state index is 0.0676. The number of carboxylic acids is 2. The molecule has 0 spiro atoms. The van der Waals surface area contributed by atoms with Crippen LogP contribution in [0.25, 0.3) is 16.7 Å². The molecule has 57 heavy (non-hydrogen) atoms. The number of ether oxygens (including phenoxy) is 1. The SMILES string of the molecule is CCc1nc(SC(C(=O)O)c2ccccc2)c(C#N)c2c1CCC(C1C=CC=C1c1cc(-c3ccc(OC)cc3)c(C#N)c(SC(C(=O)O)c3ccccc3)n1)C2. The zero-order valence-electron chi connectivity index (χ0n) is 31.3. The van der Waals surface area contributed by atoms with Crippen LogP contribution in [0.1, 0.15) is 68.6 Å². The van der Waals surface area contributed by atoms with Crippen molar-refractivity contribution < 1.29 is 24.5 Å². The van der Waals surface area contributed by atoms with Gasteiger partial charge in [0, 0.05) is 17.2 Å². The number of thioether (sulfide) groups is 2. The predicted molar refractivity (Wildman–Crippen MR) is 221 cm³/mol. The zero-order chi connectivity index (χ0) is 40.1. The molecule has 0 saturated carbocycles. The van der Waals surface area contributed by atoms with Crippen molar-refractivity contribution in [3.05, 3.63) is 154 Å². The van der Waals surface area contributed by atoms with E-state index in [1.165, 1.54) is 0 Å². The Morgan fingerprint density at radius 1 is 0.842 bits per heavy atom. The number of hydrogen-bond donors (Lipinski definition) is 2. The van der Waals surface area contributed by atoms with E-state index in [2.05, 4.69) is 18.2 Å². The first-order valence-electron chi connectivity index (χ1n) is 18.6. The van der Waals surface area contributed by atoms with Gasteiger partial charge in [-0.25, -0.2) is 9.97 Å². The van der Waals surface area contributed by atoms with Crippen molar-refractivity contribution in [3.8, 4) is 29.0 Å². The van der Waals surface area contributed by atoms with E-state index in [1.807, 2.05) is 61.5 Å². The number of carboxylic acid groups (broad SMARTS) is 2. The van der Waals surface area contributed by atoms with Crippen LogP contribution in [-0.2, 0) is 28.9 Å². The van der Waals surface area contributed by atoms with Crippen molar-refractivity contribution in [1.29, 1.82) is 10.5 Å². The molecule has 0 bridgehead atoms. The van der Waals surface area contributed by atoms with Gasteiger partial charge in [-0.1, -0.05) is 121 Å². The molecule has 0 saturated heterocycles. The molecule has 2 N–H and O–H groups in total. The standard InChI is InChI=1S/C46H38N4O5S2/c1-3-39-34-22-19-30(23-36(34)38(26-48)44(49-39)57-42(46(53)54)29-13-8-5-9-14-29)32-15-10-16-33(32)40-24-35(27-17-20-31(55-2)21-18-27)37(25-47)43(50-40)56-41(45(51)52)28-11-6-4-7-12-28/h4-18,20-21,24,30,32,41-42H,3,19,22-23H2,1-2H3,(H,51,52)(H,53,54). The lowest BCUT2D eigenvalue weighted by molar-refractivity contribution is -0.137. The fourth-order valence-corrected chi connectivity index (χ4v) is 9.85. The number of allylic oxidation sites excluding steroid dienone is 4. The third-order valence-electron chi connectivity index (χ3n) is 10.5. The second-order valence-corrected chi connectivity index (χ2v) is 16.0. The van der Waals surface area contributed by atoms with Crippen molar-refractivity contribution in [1.82, 2.24) is 9.97 Å². The summed E-state index contributed by atoms with van der Waals surface area (Å²) in [6.45, 7) is 2.03. The lowest BCUT2D eigenvalue weighted by atomic mass is 9.73. The van der Waals surface area contributed by atoms with Crippen LogP contribution < -0.4 is 4.74 Å². The molecule has 0 amide bonds. The van der Waals surface area contributed by atoms with Crippen molar-refractivity contribution in [3.63, 3.8) is 0 Å². The van der Waals surface area contributed by atoms with Crippen LogP contribution in [0.3, 0.4) is 0 Å². The molecule has 2 aromatic heterocycles. The highest BCUT2D eigenvalue weighted by atomic mass is 32.2. The number of pyridine rings is 2. The second-order valence-electron chi connectivity index (χ2n) is 13.8. The molecular weight excluding hydrogens is 753 g/mol. The normalized spacial score (nSPS) is 16.7. The Morgan fingerprint density at radius 3 is 1.98 bits per heavy atom. The van der Waals surface area contributed by atoms with E-state index >= 15 is 0 Å². The highest BCUT2D eigenvalue weighted by Gasteiger charge is 2.35. The summed E-state index contributed by atoms with van der Waals surface area (Å²) in [7, 11) is 1.59. The number of hydrogen-bond acceptors (Lipinski definition) is 9. The zero-order valence-corrected chi connectivity index (χ0v) is 32.9. The lowest BCUT2D eigenvalue weighted by Gasteiger charge is -2.32. The van der Waals surface area contributed by atoms with Gasteiger partial charge in [-0.05, 0) is 83.2 Å². The molecule has 11 heteroatoms. The van der Waals surface area contributed by atoms with E-state index in [-0.39, 0.29) is 17.4 Å². The minimum Gasteiger partial charge on any atom is -0.497 e. The third kappa shape index (κ3) is 8.08. The van der Waals surface area contributed by atoms with Crippen molar-refractivity contribution in [2.45, 2.75) is 53.2 Å². The van der Waals surface area contributed by atoms with Crippen LogP contribution in [0.15, 0.2) is 119 Å². The van der Waals surface area contributed by atoms with E-state index in [9.17, 15) is 30.3 Å². The Balaban J connectivity index is 1.28. The molecule has 4 unspecified atom stereocenters. The second kappa shape index (κ2) is 17.3. The van der Waals surface area contributed by atoms with Gasteiger partial charge in [0.05, 0.1) is 23.9 Å². The number of carbonyl (C=O) groups is 2. The average molecular weight is 791 g/mol. The van der Waals surface area contributed by atoms with Crippen LogP contribution in [0.5, 0.6) is 5.75 Å². The van der Waals surface area contributed by atoms with Gasteiger partial charge >= 0.3 is 11.9 Å². The summed E-state index contributed by atoms with van der Waals surface area (Å²) in [5, 5.41) is 40.6. The summed E-state index contributed by atoms with van der Waals surface area (Å²) >= 11 is 2.14. The van der Waals surface area contributed by atoms with Crippen molar-refractivity contribution in [2.75, 3.05) is 7.11 Å². The molecule has 2 heterocycles. The van der Waals surface area contributed by atoms with E-state index < -0.39 is 22.4 Å². The number of fused-ring (bicyclic) bond motifs is 1. The van der Waals surface area contributed by atoms with Gasteiger partial charge in [0.2, 0.25) is 0 Å². The number of aromatic nitrogens is 2. The molecule has 5 aromatic rings. The van der Waals surface area contributed by atoms with Crippen LogP contribution in [0.2, 0.25) is 0 Å². The van der Waals surface area contributed by atoms with Gasteiger partial charge in [0.15, 0.2) is 0 Å². The smallest absolute Gasteiger partial charge is 0.321 e. The van der Waals surface area contributed by atoms with Crippen molar-refractivity contribution >= 4 is 41.0 Å². The van der Waals surface area contributed by atoms with Crippen LogP contribution in [0, 0.1) is 34.5 Å². The Kier molecular flexibility index (Phi) is 11.9. The van der Waals surface area contributed by atoms with E-state index in [4.69, 9.17) is 14.7 Å².